The minimum Gasteiger partial charge on any atom is -0.330 e. The molecule has 3 heterocycles. The highest BCUT2D eigenvalue weighted by atomic mass is 35.5. The van der Waals surface area contributed by atoms with E-state index in [1.807, 2.05) is 26.0 Å². The Hall–Kier alpha value is -2.00. The zero-order chi connectivity index (χ0) is 17.1. The highest BCUT2D eigenvalue weighted by Crippen LogP contribution is 2.15. The minimum absolute atomic E-state index is 0. The molecule has 0 bridgehead atoms. The Morgan fingerprint density at radius 2 is 2.08 bits per heavy atom. The van der Waals surface area contributed by atoms with Crippen LogP contribution in [0, 0.1) is 13.8 Å². The maximum atomic E-state index is 12.2. The second kappa shape index (κ2) is 9.63. The summed E-state index contributed by atoms with van der Waals surface area (Å²) in [4.78, 5) is 20.8. The fraction of sp³-hybridized carbons (Fsp3) is 0.250. The minimum atomic E-state index is -0.254. The van der Waals surface area contributed by atoms with Gasteiger partial charge >= 0.3 is 0 Å². The summed E-state index contributed by atoms with van der Waals surface area (Å²) in [5.41, 5.74) is 8.44. The Kier molecular flexibility index (Phi) is 8.16. The SMILES string of the molecule is Cc1cc(C)n(-c2ccc(NC(=O)c3csc(CCN)n3)cn2)n1.Cl.Cl. The van der Waals surface area contributed by atoms with Crippen LogP contribution < -0.4 is 11.1 Å². The smallest absolute Gasteiger partial charge is 0.275 e. The number of carbonyl (C=O) groups is 1. The largest absolute Gasteiger partial charge is 0.330 e. The number of thiazole rings is 1. The molecule has 0 aromatic carbocycles. The van der Waals surface area contributed by atoms with E-state index < -0.39 is 0 Å². The molecule has 0 aliphatic carbocycles. The van der Waals surface area contributed by atoms with Crippen molar-refractivity contribution in [1.29, 1.82) is 0 Å². The molecule has 0 aliphatic heterocycles. The number of aromatic nitrogens is 4. The lowest BCUT2D eigenvalue weighted by molar-refractivity contribution is 0.102. The molecule has 0 fully saturated rings. The Labute approximate surface area is 167 Å². The van der Waals surface area contributed by atoms with Gasteiger partial charge in [0.05, 0.1) is 22.6 Å². The van der Waals surface area contributed by atoms with Crippen molar-refractivity contribution in [3.63, 3.8) is 0 Å². The number of halogens is 2. The highest BCUT2D eigenvalue weighted by Gasteiger charge is 2.11. The molecular weight excluding hydrogens is 395 g/mol. The van der Waals surface area contributed by atoms with Crippen LogP contribution in [-0.2, 0) is 6.42 Å². The summed E-state index contributed by atoms with van der Waals surface area (Å²) in [5.74, 6) is 0.452. The van der Waals surface area contributed by atoms with Crippen molar-refractivity contribution >= 4 is 47.7 Å². The molecule has 3 rings (SSSR count). The molecule has 3 N–H and O–H groups in total. The first-order valence-corrected chi connectivity index (χ1v) is 8.40. The standard InChI is InChI=1S/C16H18N6OS.2ClH/c1-10-7-11(2)22(21-10)14-4-3-12(8-18-14)19-16(23)13-9-24-15(20-13)5-6-17;;/h3-4,7-9H,5-6,17H2,1-2H3,(H,19,23);2*1H. The first kappa shape index (κ1) is 22.0. The van der Waals surface area contributed by atoms with Crippen LogP contribution in [-0.4, -0.2) is 32.2 Å². The number of nitrogens with one attached hydrogen (secondary N) is 1. The highest BCUT2D eigenvalue weighted by molar-refractivity contribution is 7.09. The summed E-state index contributed by atoms with van der Waals surface area (Å²) in [6.45, 7) is 4.43. The molecule has 0 radical (unpaired) electrons. The number of pyridine rings is 1. The molecular formula is C16H20Cl2N6OS. The lowest BCUT2D eigenvalue weighted by Crippen LogP contribution is -2.13. The summed E-state index contributed by atoms with van der Waals surface area (Å²) in [6.07, 6.45) is 2.29. The summed E-state index contributed by atoms with van der Waals surface area (Å²) in [6, 6.07) is 5.60. The van der Waals surface area contributed by atoms with Crippen LogP contribution in [0.5, 0.6) is 0 Å². The monoisotopic (exact) mass is 414 g/mol. The number of anilines is 1. The van der Waals surface area contributed by atoms with Crippen molar-refractivity contribution in [2.45, 2.75) is 20.3 Å². The van der Waals surface area contributed by atoms with Crippen LogP contribution in [0.15, 0.2) is 29.8 Å². The van der Waals surface area contributed by atoms with Gasteiger partial charge in [-0.05, 0) is 38.6 Å². The van der Waals surface area contributed by atoms with Gasteiger partial charge in [-0.15, -0.1) is 36.2 Å². The molecule has 3 aromatic heterocycles. The van der Waals surface area contributed by atoms with Gasteiger partial charge < -0.3 is 11.1 Å². The molecule has 1 amide bonds. The number of rotatable bonds is 5. The van der Waals surface area contributed by atoms with Gasteiger partial charge in [0.1, 0.15) is 5.69 Å². The zero-order valence-electron chi connectivity index (χ0n) is 14.3. The van der Waals surface area contributed by atoms with Crippen LogP contribution in [0.25, 0.3) is 5.82 Å². The summed E-state index contributed by atoms with van der Waals surface area (Å²) in [7, 11) is 0. The summed E-state index contributed by atoms with van der Waals surface area (Å²) in [5, 5.41) is 9.78. The van der Waals surface area contributed by atoms with Crippen molar-refractivity contribution in [2.24, 2.45) is 5.73 Å². The topological polar surface area (TPSA) is 98.7 Å². The third kappa shape index (κ3) is 5.01. The molecule has 0 atom stereocenters. The number of carbonyl (C=O) groups excluding carboxylic acids is 1. The number of hydrogen-bond acceptors (Lipinski definition) is 6. The van der Waals surface area contributed by atoms with Crippen molar-refractivity contribution in [3.8, 4) is 5.82 Å². The number of nitrogens with two attached hydrogens (primary N) is 1. The van der Waals surface area contributed by atoms with Crippen LogP contribution in [0.1, 0.15) is 26.9 Å². The molecule has 140 valence electrons. The molecule has 26 heavy (non-hydrogen) atoms. The fourth-order valence-electron chi connectivity index (χ4n) is 2.29. The summed E-state index contributed by atoms with van der Waals surface area (Å²) < 4.78 is 1.76. The van der Waals surface area contributed by atoms with Crippen LogP contribution in [0.4, 0.5) is 5.69 Å². The van der Waals surface area contributed by atoms with E-state index in [1.54, 1.807) is 22.3 Å². The van der Waals surface area contributed by atoms with Gasteiger partial charge in [-0.2, -0.15) is 5.10 Å². The lowest BCUT2D eigenvalue weighted by atomic mass is 10.3. The number of amides is 1. The maximum Gasteiger partial charge on any atom is 0.275 e. The van der Waals surface area contributed by atoms with Gasteiger partial charge in [0.2, 0.25) is 0 Å². The second-order valence-corrected chi connectivity index (χ2v) is 6.31. The molecule has 0 unspecified atom stereocenters. The molecule has 7 nitrogen and oxygen atoms in total. The molecule has 0 spiro atoms. The van der Waals surface area contributed by atoms with Gasteiger partial charge in [0.15, 0.2) is 5.82 Å². The van der Waals surface area contributed by atoms with Gasteiger partial charge in [0, 0.05) is 17.5 Å². The molecule has 3 aromatic rings. The molecule has 10 heteroatoms. The quantitative estimate of drug-likeness (QED) is 0.668. The average molecular weight is 415 g/mol. The van der Waals surface area contributed by atoms with E-state index in [1.165, 1.54) is 11.3 Å². The normalized spacial score (nSPS) is 9.96. The first-order valence-electron chi connectivity index (χ1n) is 7.52. The summed E-state index contributed by atoms with van der Waals surface area (Å²) >= 11 is 1.44. The number of nitrogens with zero attached hydrogens (tertiary/aromatic N) is 4. The van der Waals surface area contributed by atoms with Crippen molar-refractivity contribution in [1.82, 2.24) is 19.7 Å². The third-order valence-corrected chi connectivity index (χ3v) is 4.28. The van der Waals surface area contributed by atoms with E-state index in [2.05, 4.69) is 20.4 Å². The Morgan fingerprint density at radius 1 is 1.31 bits per heavy atom. The van der Waals surface area contributed by atoms with Crippen molar-refractivity contribution < 1.29 is 4.79 Å². The van der Waals surface area contributed by atoms with E-state index in [0.29, 0.717) is 30.2 Å². The molecule has 0 saturated carbocycles. The Bertz CT molecular complexity index is 862. The first-order chi connectivity index (χ1) is 11.6. The Morgan fingerprint density at radius 3 is 2.65 bits per heavy atom. The van der Waals surface area contributed by atoms with E-state index in [0.717, 1.165) is 16.4 Å². The van der Waals surface area contributed by atoms with E-state index in [9.17, 15) is 4.79 Å². The number of hydrogen-bond donors (Lipinski definition) is 2. The lowest BCUT2D eigenvalue weighted by Gasteiger charge is -2.06. The van der Waals surface area contributed by atoms with E-state index in [-0.39, 0.29) is 30.7 Å². The van der Waals surface area contributed by atoms with Crippen molar-refractivity contribution in [3.05, 3.63) is 51.9 Å². The van der Waals surface area contributed by atoms with Gasteiger partial charge in [-0.1, -0.05) is 0 Å². The van der Waals surface area contributed by atoms with E-state index in [4.69, 9.17) is 5.73 Å². The average Bonchev–Trinajstić information content (AvgIpc) is 3.15. The van der Waals surface area contributed by atoms with Crippen LogP contribution in [0.2, 0.25) is 0 Å². The van der Waals surface area contributed by atoms with Gasteiger partial charge in [-0.3, -0.25) is 4.79 Å². The van der Waals surface area contributed by atoms with Crippen molar-refractivity contribution in [2.75, 3.05) is 11.9 Å². The number of aryl methyl sites for hydroxylation is 2. The molecule has 0 aliphatic rings. The zero-order valence-corrected chi connectivity index (χ0v) is 16.7. The van der Waals surface area contributed by atoms with Gasteiger partial charge in [0.25, 0.3) is 5.91 Å². The Balaban J connectivity index is 0.00000169. The molecule has 0 saturated heterocycles. The second-order valence-electron chi connectivity index (χ2n) is 5.36. The van der Waals surface area contributed by atoms with Crippen LogP contribution >= 0.6 is 36.2 Å². The third-order valence-electron chi connectivity index (χ3n) is 3.37. The van der Waals surface area contributed by atoms with E-state index >= 15 is 0 Å². The van der Waals surface area contributed by atoms with Gasteiger partial charge in [-0.25, -0.2) is 14.6 Å². The van der Waals surface area contributed by atoms with Crippen LogP contribution in [0.3, 0.4) is 0 Å². The predicted molar refractivity (Wildman–Crippen MR) is 108 cm³/mol. The fourth-order valence-corrected chi connectivity index (χ4v) is 3.09. The maximum absolute atomic E-state index is 12.2. The predicted octanol–water partition coefficient (Wildman–Crippen LogP) is 2.94.